The van der Waals surface area contributed by atoms with Gasteiger partial charge in [-0.3, -0.25) is 10.1 Å². The fraction of sp³-hybridized carbons (Fsp3) is 0. The molecule has 0 unspecified atom stereocenters. The fourth-order valence-corrected chi connectivity index (χ4v) is 3.38. The lowest BCUT2D eigenvalue weighted by Gasteiger charge is -1.99. The van der Waals surface area contributed by atoms with E-state index in [-0.39, 0.29) is 5.69 Å². The summed E-state index contributed by atoms with van der Waals surface area (Å²) in [4.78, 5) is 19.7. The molecule has 0 bridgehead atoms. The van der Waals surface area contributed by atoms with Crippen LogP contribution in [0.4, 0.5) is 5.69 Å². The number of aromatic amines is 1. The highest BCUT2D eigenvalue weighted by Gasteiger charge is 2.16. The highest BCUT2D eigenvalue weighted by atomic mass is 32.1. The third kappa shape index (κ3) is 2.95. The third-order valence-corrected chi connectivity index (χ3v) is 4.76. The molecule has 0 fully saturated rings. The van der Waals surface area contributed by atoms with Crippen LogP contribution in [0.2, 0.25) is 0 Å². The molecule has 0 amide bonds. The van der Waals surface area contributed by atoms with Gasteiger partial charge in [-0.1, -0.05) is 36.4 Å². The predicted octanol–water partition coefficient (Wildman–Crippen LogP) is 5.38. The van der Waals surface area contributed by atoms with Crippen LogP contribution in [-0.4, -0.2) is 14.9 Å². The van der Waals surface area contributed by atoms with Crippen LogP contribution >= 0.6 is 11.3 Å². The first-order chi connectivity index (χ1) is 12.2. The molecular weight excluding hydrogens is 334 g/mol. The Morgan fingerprint density at radius 3 is 2.32 bits per heavy atom. The van der Waals surface area contributed by atoms with Gasteiger partial charge in [-0.15, -0.1) is 11.3 Å². The number of rotatable bonds is 4. The minimum atomic E-state index is -0.404. The molecule has 25 heavy (non-hydrogen) atoms. The second-order valence-corrected chi connectivity index (χ2v) is 6.40. The molecule has 122 valence electrons. The summed E-state index contributed by atoms with van der Waals surface area (Å²) in [5.74, 6) is 0.692. The normalized spacial score (nSPS) is 10.7. The van der Waals surface area contributed by atoms with Crippen LogP contribution in [0.15, 0.2) is 72.1 Å². The van der Waals surface area contributed by atoms with Crippen molar-refractivity contribution >= 4 is 17.0 Å². The predicted molar refractivity (Wildman–Crippen MR) is 99.4 cm³/mol. The molecule has 5 nitrogen and oxygen atoms in total. The van der Waals surface area contributed by atoms with Gasteiger partial charge < -0.3 is 4.98 Å². The molecule has 0 radical (unpaired) electrons. The molecular formula is C19H13N3O2S. The summed E-state index contributed by atoms with van der Waals surface area (Å²) in [7, 11) is 0. The van der Waals surface area contributed by atoms with Gasteiger partial charge >= 0.3 is 0 Å². The number of nitrogens with zero attached hydrogens (tertiary/aromatic N) is 2. The summed E-state index contributed by atoms with van der Waals surface area (Å²) in [6.07, 6.45) is 0. The lowest BCUT2D eigenvalue weighted by molar-refractivity contribution is -0.384. The maximum atomic E-state index is 10.8. The number of thiophene rings is 1. The number of H-pyrrole nitrogens is 1. The van der Waals surface area contributed by atoms with Crippen LogP contribution in [0.1, 0.15) is 0 Å². The Kier molecular flexibility index (Phi) is 3.87. The van der Waals surface area contributed by atoms with E-state index in [9.17, 15) is 10.1 Å². The van der Waals surface area contributed by atoms with Crippen molar-refractivity contribution in [3.63, 3.8) is 0 Å². The fourth-order valence-electron chi connectivity index (χ4n) is 2.66. The summed E-state index contributed by atoms with van der Waals surface area (Å²) >= 11 is 1.64. The highest BCUT2D eigenvalue weighted by Crippen LogP contribution is 2.35. The van der Waals surface area contributed by atoms with Crippen molar-refractivity contribution in [1.82, 2.24) is 9.97 Å². The van der Waals surface area contributed by atoms with E-state index >= 15 is 0 Å². The average Bonchev–Trinajstić information content (AvgIpc) is 3.32. The Hall–Kier alpha value is -3.25. The van der Waals surface area contributed by atoms with Gasteiger partial charge in [0.15, 0.2) is 0 Å². The summed E-state index contributed by atoms with van der Waals surface area (Å²) in [6, 6.07) is 20.4. The topological polar surface area (TPSA) is 71.8 Å². The van der Waals surface area contributed by atoms with E-state index in [2.05, 4.69) is 4.98 Å². The van der Waals surface area contributed by atoms with Gasteiger partial charge in [0.25, 0.3) is 5.69 Å². The zero-order valence-corrected chi connectivity index (χ0v) is 13.9. The molecule has 4 aromatic rings. The molecule has 0 saturated carbocycles. The van der Waals surface area contributed by atoms with Crippen LogP contribution in [-0.2, 0) is 0 Å². The van der Waals surface area contributed by atoms with Crippen LogP contribution in [0, 0.1) is 10.1 Å². The average molecular weight is 347 g/mol. The van der Waals surface area contributed by atoms with Crippen LogP contribution in [0.5, 0.6) is 0 Å². The number of aromatic nitrogens is 2. The van der Waals surface area contributed by atoms with E-state index in [1.807, 2.05) is 47.8 Å². The molecule has 0 aliphatic heterocycles. The molecule has 2 aromatic heterocycles. The molecule has 0 aliphatic carbocycles. The van der Waals surface area contributed by atoms with Gasteiger partial charge in [-0.05, 0) is 23.6 Å². The van der Waals surface area contributed by atoms with Gasteiger partial charge in [0.2, 0.25) is 0 Å². The Morgan fingerprint density at radius 2 is 1.68 bits per heavy atom. The van der Waals surface area contributed by atoms with Crippen molar-refractivity contribution in [3.05, 3.63) is 82.2 Å². The molecule has 0 atom stereocenters. The Labute approximate surface area is 147 Å². The van der Waals surface area contributed by atoms with E-state index in [0.717, 1.165) is 27.4 Å². The van der Waals surface area contributed by atoms with Gasteiger partial charge in [-0.25, -0.2) is 4.98 Å². The Balaban J connectivity index is 1.83. The molecule has 1 N–H and O–H groups in total. The molecule has 2 aromatic carbocycles. The number of nitro groups is 1. The second kappa shape index (κ2) is 6.33. The van der Waals surface area contributed by atoms with Gasteiger partial charge in [0.1, 0.15) is 5.82 Å². The number of nitrogens with one attached hydrogen (secondary N) is 1. The van der Waals surface area contributed by atoms with Gasteiger partial charge in [0.05, 0.1) is 21.2 Å². The van der Waals surface area contributed by atoms with E-state index in [1.165, 1.54) is 12.1 Å². The third-order valence-electron chi connectivity index (χ3n) is 3.87. The highest BCUT2D eigenvalue weighted by molar-refractivity contribution is 7.13. The van der Waals surface area contributed by atoms with Crippen molar-refractivity contribution in [3.8, 4) is 33.2 Å². The minimum absolute atomic E-state index is 0.0667. The maximum absolute atomic E-state index is 10.8. The lowest BCUT2D eigenvalue weighted by atomic mass is 10.1. The SMILES string of the molecule is O=[N+]([O-])c1ccc(-c2nc(-c3ccccc3)c(-c3cccs3)[nH]2)cc1. The van der Waals surface area contributed by atoms with E-state index in [4.69, 9.17) is 4.98 Å². The quantitative estimate of drug-likeness (QED) is 0.398. The smallest absolute Gasteiger partial charge is 0.269 e. The first kappa shape index (κ1) is 15.3. The second-order valence-electron chi connectivity index (χ2n) is 5.46. The maximum Gasteiger partial charge on any atom is 0.269 e. The van der Waals surface area contributed by atoms with Crippen molar-refractivity contribution < 1.29 is 4.92 Å². The van der Waals surface area contributed by atoms with Crippen LogP contribution in [0.25, 0.3) is 33.2 Å². The van der Waals surface area contributed by atoms with Gasteiger partial charge in [-0.2, -0.15) is 0 Å². The van der Waals surface area contributed by atoms with Crippen LogP contribution < -0.4 is 0 Å². The largest absolute Gasteiger partial charge is 0.337 e. The van der Waals surface area contributed by atoms with Crippen molar-refractivity contribution in [1.29, 1.82) is 0 Å². The number of imidazole rings is 1. The summed E-state index contributed by atoms with van der Waals surface area (Å²) < 4.78 is 0. The molecule has 4 rings (SSSR count). The summed E-state index contributed by atoms with van der Waals surface area (Å²) in [6.45, 7) is 0. The van der Waals surface area contributed by atoms with Gasteiger partial charge in [0, 0.05) is 23.3 Å². The summed E-state index contributed by atoms with van der Waals surface area (Å²) in [5, 5.41) is 12.9. The molecule has 0 saturated heterocycles. The summed E-state index contributed by atoms with van der Waals surface area (Å²) in [5.41, 5.74) is 3.73. The molecule has 0 spiro atoms. The minimum Gasteiger partial charge on any atom is -0.337 e. The monoisotopic (exact) mass is 347 g/mol. The molecule has 2 heterocycles. The molecule has 6 heteroatoms. The number of nitro benzene ring substituents is 1. The first-order valence-electron chi connectivity index (χ1n) is 7.66. The Morgan fingerprint density at radius 1 is 0.920 bits per heavy atom. The number of non-ortho nitro benzene ring substituents is 1. The molecule has 0 aliphatic rings. The first-order valence-corrected chi connectivity index (χ1v) is 8.54. The van der Waals surface area contributed by atoms with Crippen molar-refractivity contribution in [2.75, 3.05) is 0 Å². The van der Waals surface area contributed by atoms with Crippen molar-refractivity contribution in [2.45, 2.75) is 0 Å². The number of hydrogen-bond donors (Lipinski definition) is 1. The van der Waals surface area contributed by atoms with Crippen molar-refractivity contribution in [2.24, 2.45) is 0 Å². The Bertz CT molecular complexity index is 1010. The zero-order valence-electron chi connectivity index (χ0n) is 13.0. The standard InChI is InChI=1S/C19H13N3O2S/c23-22(24)15-10-8-14(9-11-15)19-20-17(13-5-2-1-3-6-13)18(21-19)16-7-4-12-25-16/h1-12H,(H,20,21). The number of hydrogen-bond acceptors (Lipinski definition) is 4. The number of benzene rings is 2. The zero-order chi connectivity index (χ0) is 17.2. The lowest BCUT2D eigenvalue weighted by Crippen LogP contribution is -1.87. The van der Waals surface area contributed by atoms with E-state index in [1.54, 1.807) is 23.5 Å². The van der Waals surface area contributed by atoms with E-state index < -0.39 is 4.92 Å². The van der Waals surface area contributed by atoms with Crippen LogP contribution in [0.3, 0.4) is 0 Å². The van der Waals surface area contributed by atoms with E-state index in [0.29, 0.717) is 5.82 Å².